The topological polar surface area (TPSA) is 12.9 Å². The molecule has 1 heterocycles. The van der Waals surface area contributed by atoms with Gasteiger partial charge in [-0.2, -0.15) is 0 Å². The SMILES string of the molecule is [CH-]=Cc1[c-]nc2ccccc2c1.[Y]. The molecule has 0 unspecified atom stereocenters. The quantitative estimate of drug-likeness (QED) is 0.700. The Morgan fingerprint density at radius 3 is 2.85 bits per heavy atom. The molecule has 0 atom stereocenters. The van der Waals surface area contributed by atoms with Gasteiger partial charge in [-0.25, -0.2) is 6.07 Å². The molecule has 13 heavy (non-hydrogen) atoms. The molecular weight excluding hydrogens is 235 g/mol. The average molecular weight is 242 g/mol. The van der Waals surface area contributed by atoms with E-state index in [1.54, 1.807) is 0 Å². The smallest absolute Gasteiger partial charge is 0 e. The van der Waals surface area contributed by atoms with Crippen LogP contribution in [0.5, 0.6) is 0 Å². The van der Waals surface area contributed by atoms with Crippen LogP contribution in [0.4, 0.5) is 0 Å². The summed E-state index contributed by atoms with van der Waals surface area (Å²) in [6.07, 6.45) is 4.33. The van der Waals surface area contributed by atoms with Gasteiger partial charge in [0.05, 0.1) is 0 Å². The van der Waals surface area contributed by atoms with Gasteiger partial charge in [0.1, 0.15) is 0 Å². The zero-order valence-electron chi connectivity index (χ0n) is 7.07. The zero-order valence-corrected chi connectivity index (χ0v) is 9.90. The largest absolute Gasteiger partial charge is 0.372 e. The van der Waals surface area contributed by atoms with Crippen LogP contribution in [0, 0.1) is 12.8 Å². The minimum absolute atomic E-state index is 0. The Morgan fingerprint density at radius 1 is 1.31 bits per heavy atom. The van der Waals surface area contributed by atoms with Crippen LogP contribution in [0.15, 0.2) is 30.3 Å². The monoisotopic (exact) mass is 242 g/mol. The van der Waals surface area contributed by atoms with E-state index in [4.69, 9.17) is 6.58 Å². The number of hydrogen-bond donors (Lipinski definition) is 0. The second-order valence-electron chi connectivity index (χ2n) is 2.55. The Labute approximate surface area is 103 Å². The van der Waals surface area contributed by atoms with E-state index in [0.29, 0.717) is 0 Å². The first-order chi connectivity index (χ1) is 5.90. The molecule has 1 aromatic carbocycles. The normalized spacial score (nSPS) is 9.23. The number of fused-ring (bicyclic) bond motifs is 1. The van der Waals surface area contributed by atoms with Crippen molar-refractivity contribution in [3.05, 3.63) is 48.7 Å². The summed E-state index contributed by atoms with van der Waals surface area (Å²) in [5.74, 6) is 0. The Kier molecular flexibility index (Phi) is 3.77. The van der Waals surface area contributed by atoms with E-state index in [1.807, 2.05) is 30.3 Å². The van der Waals surface area contributed by atoms with Crippen LogP contribution >= 0.6 is 0 Å². The fraction of sp³-hybridized carbons (Fsp3) is 0. The van der Waals surface area contributed by atoms with Gasteiger partial charge in [0.25, 0.3) is 0 Å². The molecule has 0 aliphatic carbocycles. The van der Waals surface area contributed by atoms with Gasteiger partial charge >= 0.3 is 0 Å². The summed E-state index contributed by atoms with van der Waals surface area (Å²) in [6, 6.07) is 9.84. The Morgan fingerprint density at radius 2 is 2.08 bits per heavy atom. The minimum Gasteiger partial charge on any atom is -0.372 e. The molecule has 1 radical (unpaired) electrons. The second-order valence-corrected chi connectivity index (χ2v) is 2.55. The first kappa shape index (κ1) is 10.6. The van der Waals surface area contributed by atoms with Crippen molar-refractivity contribution in [2.75, 3.05) is 0 Å². The van der Waals surface area contributed by atoms with E-state index in [-0.39, 0.29) is 32.7 Å². The van der Waals surface area contributed by atoms with Crippen LogP contribution in [0.25, 0.3) is 17.0 Å². The maximum Gasteiger partial charge on any atom is 0 e. The van der Waals surface area contributed by atoms with Crippen molar-refractivity contribution in [2.45, 2.75) is 0 Å². The van der Waals surface area contributed by atoms with Crippen molar-refractivity contribution < 1.29 is 32.7 Å². The van der Waals surface area contributed by atoms with E-state index in [9.17, 15) is 0 Å². The fourth-order valence-electron chi connectivity index (χ4n) is 1.12. The van der Waals surface area contributed by atoms with Gasteiger partial charge < -0.3 is 17.6 Å². The summed E-state index contributed by atoms with van der Waals surface area (Å²) in [6.45, 7) is 5.34. The number of para-hydroxylation sites is 1. The number of pyridine rings is 1. The molecule has 0 spiro atoms. The summed E-state index contributed by atoms with van der Waals surface area (Å²) in [7, 11) is 0. The van der Waals surface area contributed by atoms with Gasteiger partial charge in [0.2, 0.25) is 0 Å². The Balaban J connectivity index is 0.000000845. The van der Waals surface area contributed by atoms with Crippen LogP contribution in [-0.4, -0.2) is 4.98 Å². The standard InChI is InChI=1S/C11H7N.Y/c1-2-9-7-10-5-3-4-6-11(10)12-8-9;/h1-7H;/q-2;. The number of benzene rings is 1. The summed E-state index contributed by atoms with van der Waals surface area (Å²) in [5.41, 5.74) is 1.77. The number of aromatic nitrogens is 1. The summed E-state index contributed by atoms with van der Waals surface area (Å²) >= 11 is 0. The molecule has 1 aromatic heterocycles. The molecule has 1 nitrogen and oxygen atoms in total. The maximum atomic E-state index is 5.34. The van der Waals surface area contributed by atoms with E-state index in [2.05, 4.69) is 11.2 Å². The van der Waals surface area contributed by atoms with Gasteiger partial charge in [-0.05, 0) is 5.52 Å². The molecule has 0 N–H and O–H groups in total. The van der Waals surface area contributed by atoms with Gasteiger partial charge in [-0.3, -0.25) is 5.56 Å². The van der Waals surface area contributed by atoms with Crippen LogP contribution < -0.4 is 0 Å². The molecule has 0 saturated heterocycles. The van der Waals surface area contributed by atoms with Crippen molar-refractivity contribution >= 4 is 17.0 Å². The van der Waals surface area contributed by atoms with E-state index < -0.39 is 0 Å². The average Bonchev–Trinajstić information content (AvgIpc) is 2.17. The predicted octanol–water partition coefficient (Wildman–Crippen LogP) is 2.48. The van der Waals surface area contributed by atoms with Gasteiger partial charge in [-0.1, -0.05) is 24.3 Å². The summed E-state index contributed by atoms with van der Waals surface area (Å²) < 4.78 is 0. The molecule has 0 saturated carbocycles. The van der Waals surface area contributed by atoms with Crippen molar-refractivity contribution in [3.8, 4) is 0 Å². The fourth-order valence-corrected chi connectivity index (χ4v) is 1.12. The first-order valence-corrected chi connectivity index (χ1v) is 3.72. The van der Waals surface area contributed by atoms with Crippen molar-refractivity contribution in [1.29, 1.82) is 0 Å². The molecule has 0 amide bonds. The predicted molar refractivity (Wildman–Crippen MR) is 49.3 cm³/mol. The Hall–Kier alpha value is -0.526. The number of hydrogen-bond acceptors (Lipinski definition) is 1. The van der Waals surface area contributed by atoms with Crippen molar-refractivity contribution in [2.24, 2.45) is 0 Å². The summed E-state index contributed by atoms with van der Waals surface area (Å²) in [5, 5.41) is 1.09. The molecule has 2 aromatic rings. The van der Waals surface area contributed by atoms with Gasteiger partial charge in [0.15, 0.2) is 0 Å². The van der Waals surface area contributed by atoms with Crippen LogP contribution in [0.3, 0.4) is 0 Å². The molecular formula is C11H7NY-2. The van der Waals surface area contributed by atoms with Crippen LogP contribution in [-0.2, 0) is 32.7 Å². The molecule has 61 valence electrons. The minimum atomic E-state index is 0. The third kappa shape index (κ3) is 2.23. The third-order valence-electron chi connectivity index (χ3n) is 1.73. The first-order valence-electron chi connectivity index (χ1n) is 3.72. The van der Waals surface area contributed by atoms with Gasteiger partial charge in [0, 0.05) is 32.7 Å². The molecule has 0 aliphatic rings. The number of rotatable bonds is 1. The second kappa shape index (κ2) is 4.64. The Bertz CT molecular complexity index is 423. The molecule has 2 heteroatoms. The van der Waals surface area contributed by atoms with E-state index in [1.165, 1.54) is 6.08 Å². The molecule has 0 aliphatic heterocycles. The van der Waals surface area contributed by atoms with Crippen molar-refractivity contribution in [3.63, 3.8) is 0 Å². The summed E-state index contributed by atoms with van der Waals surface area (Å²) in [4.78, 5) is 4.12. The molecule has 0 bridgehead atoms. The van der Waals surface area contributed by atoms with Crippen LogP contribution in [0.2, 0.25) is 0 Å². The van der Waals surface area contributed by atoms with Crippen molar-refractivity contribution in [1.82, 2.24) is 4.98 Å². The zero-order chi connectivity index (χ0) is 8.39. The third-order valence-corrected chi connectivity index (χ3v) is 1.73. The van der Waals surface area contributed by atoms with Gasteiger partial charge in [-0.15, -0.1) is 11.6 Å². The van der Waals surface area contributed by atoms with E-state index in [0.717, 1.165) is 16.5 Å². The van der Waals surface area contributed by atoms with E-state index >= 15 is 0 Å². The molecule has 0 fully saturated rings. The van der Waals surface area contributed by atoms with Crippen LogP contribution in [0.1, 0.15) is 5.56 Å². The maximum absolute atomic E-state index is 5.34. The molecule has 2 rings (SSSR count). The number of nitrogens with zero attached hydrogens (tertiary/aromatic N) is 1.